The molecule has 6 heteroatoms. The zero-order valence-corrected chi connectivity index (χ0v) is 14.7. The van der Waals surface area contributed by atoms with Crippen molar-refractivity contribution in [1.82, 2.24) is 9.62 Å². The van der Waals surface area contributed by atoms with Crippen LogP contribution in [0.3, 0.4) is 0 Å². The summed E-state index contributed by atoms with van der Waals surface area (Å²) in [5.41, 5.74) is 3.06. The summed E-state index contributed by atoms with van der Waals surface area (Å²) in [6.07, 6.45) is 0. The molecule has 4 nitrogen and oxygen atoms in total. The molecule has 2 aromatic rings. The van der Waals surface area contributed by atoms with E-state index in [0.717, 1.165) is 16.7 Å². The number of sulfonamides is 1. The lowest BCUT2D eigenvalue weighted by molar-refractivity contribution is 0.300. The van der Waals surface area contributed by atoms with Crippen LogP contribution in [0.2, 0.25) is 0 Å². The lowest BCUT2D eigenvalue weighted by atomic mass is 10.1. The fourth-order valence-electron chi connectivity index (χ4n) is 2.22. The Morgan fingerprint density at radius 2 is 1.86 bits per heavy atom. The predicted octanol–water partition coefficient (Wildman–Crippen LogP) is 2.78. The highest BCUT2D eigenvalue weighted by atomic mass is 32.2. The number of nitrogens with zero attached hydrogens (tertiary/aromatic N) is 1. The van der Waals surface area contributed by atoms with Gasteiger partial charge in [-0.3, -0.25) is 0 Å². The van der Waals surface area contributed by atoms with Crippen LogP contribution in [0.25, 0.3) is 0 Å². The standard InChI is InChI=1S/C16H22N2O2S2/c1-13-4-6-14(7-5-13)12-22(19,20)17-10-16(18(2)3)15-8-9-21-11-15/h4-9,11,16-17H,10,12H2,1-3H3/t16-/m0/s1. The molecule has 120 valence electrons. The van der Waals surface area contributed by atoms with Gasteiger partial charge in [0.2, 0.25) is 10.0 Å². The van der Waals surface area contributed by atoms with Gasteiger partial charge in [0.1, 0.15) is 0 Å². The zero-order valence-electron chi connectivity index (χ0n) is 13.1. The van der Waals surface area contributed by atoms with E-state index in [1.54, 1.807) is 11.3 Å². The van der Waals surface area contributed by atoms with Gasteiger partial charge < -0.3 is 4.90 Å². The molecule has 1 N–H and O–H groups in total. The molecule has 22 heavy (non-hydrogen) atoms. The van der Waals surface area contributed by atoms with Crippen molar-refractivity contribution in [3.8, 4) is 0 Å². The Bertz CT molecular complexity index is 677. The molecule has 1 heterocycles. The van der Waals surface area contributed by atoms with Crippen molar-refractivity contribution in [3.63, 3.8) is 0 Å². The van der Waals surface area contributed by atoms with Gasteiger partial charge >= 0.3 is 0 Å². The summed E-state index contributed by atoms with van der Waals surface area (Å²) in [6.45, 7) is 2.36. The SMILES string of the molecule is Cc1ccc(CS(=O)(=O)NC[C@@H](c2ccsc2)N(C)C)cc1. The predicted molar refractivity (Wildman–Crippen MR) is 92.6 cm³/mol. The fraction of sp³-hybridized carbons (Fsp3) is 0.375. The minimum atomic E-state index is -3.34. The normalized spacial score (nSPS) is 13.5. The smallest absolute Gasteiger partial charge is 0.215 e. The van der Waals surface area contributed by atoms with Gasteiger partial charge in [0, 0.05) is 12.6 Å². The van der Waals surface area contributed by atoms with Crippen LogP contribution in [0.5, 0.6) is 0 Å². The number of likely N-dealkylation sites (N-methyl/N-ethyl adjacent to an activating group) is 1. The first-order valence-corrected chi connectivity index (χ1v) is 9.68. The number of hydrogen-bond acceptors (Lipinski definition) is 4. The van der Waals surface area contributed by atoms with Crippen LogP contribution in [-0.4, -0.2) is 34.0 Å². The summed E-state index contributed by atoms with van der Waals surface area (Å²) in [7, 11) is 0.570. The summed E-state index contributed by atoms with van der Waals surface area (Å²) in [4.78, 5) is 2.02. The molecule has 0 aliphatic rings. The number of aryl methyl sites for hydroxylation is 1. The monoisotopic (exact) mass is 338 g/mol. The molecular formula is C16H22N2O2S2. The van der Waals surface area contributed by atoms with Crippen LogP contribution < -0.4 is 4.72 Å². The molecule has 0 unspecified atom stereocenters. The van der Waals surface area contributed by atoms with Crippen LogP contribution in [0.15, 0.2) is 41.1 Å². The number of nitrogens with one attached hydrogen (secondary N) is 1. The number of rotatable bonds is 7. The molecule has 0 spiro atoms. The van der Waals surface area contributed by atoms with E-state index in [4.69, 9.17) is 0 Å². The number of hydrogen-bond donors (Lipinski definition) is 1. The van der Waals surface area contributed by atoms with E-state index in [1.165, 1.54) is 0 Å². The summed E-state index contributed by atoms with van der Waals surface area (Å²) >= 11 is 1.62. The molecule has 0 radical (unpaired) electrons. The van der Waals surface area contributed by atoms with Gasteiger partial charge in [-0.1, -0.05) is 29.8 Å². The van der Waals surface area contributed by atoms with Crippen molar-refractivity contribution < 1.29 is 8.42 Å². The third-order valence-corrected chi connectivity index (χ3v) is 5.55. The van der Waals surface area contributed by atoms with Crippen molar-refractivity contribution in [2.75, 3.05) is 20.6 Å². The Balaban J connectivity index is 2.00. The summed E-state index contributed by atoms with van der Waals surface area (Å²) in [5.74, 6) is 0.0110. The maximum atomic E-state index is 12.3. The Hall–Kier alpha value is -1.21. The zero-order chi connectivity index (χ0) is 16.2. The minimum Gasteiger partial charge on any atom is -0.301 e. The lowest BCUT2D eigenvalue weighted by Crippen LogP contribution is -2.35. The van der Waals surface area contributed by atoms with E-state index in [-0.39, 0.29) is 11.8 Å². The van der Waals surface area contributed by atoms with Crippen molar-refractivity contribution in [2.45, 2.75) is 18.7 Å². The first kappa shape index (κ1) is 17.1. The maximum absolute atomic E-state index is 12.3. The number of benzene rings is 1. The third-order valence-electron chi connectivity index (χ3n) is 3.53. The maximum Gasteiger partial charge on any atom is 0.215 e. The van der Waals surface area contributed by atoms with Gasteiger partial charge in [-0.15, -0.1) is 0 Å². The van der Waals surface area contributed by atoms with Gasteiger partial charge in [0.15, 0.2) is 0 Å². The highest BCUT2D eigenvalue weighted by Gasteiger charge is 2.18. The van der Waals surface area contributed by atoms with Crippen LogP contribution in [0, 0.1) is 6.92 Å². The van der Waals surface area contributed by atoms with Crippen molar-refractivity contribution in [1.29, 1.82) is 0 Å². The highest BCUT2D eigenvalue weighted by molar-refractivity contribution is 7.88. The van der Waals surface area contributed by atoms with E-state index in [9.17, 15) is 8.42 Å². The molecule has 0 aliphatic carbocycles. The Labute approximate surface area is 136 Å². The van der Waals surface area contributed by atoms with Crippen molar-refractivity contribution in [2.24, 2.45) is 0 Å². The van der Waals surface area contributed by atoms with E-state index < -0.39 is 10.0 Å². The molecular weight excluding hydrogens is 316 g/mol. The first-order chi connectivity index (χ1) is 10.4. The fourth-order valence-corrected chi connectivity index (χ4v) is 4.08. The number of thiophene rings is 1. The minimum absolute atomic E-state index is 0.0110. The molecule has 0 saturated carbocycles. The lowest BCUT2D eigenvalue weighted by Gasteiger charge is -2.24. The Morgan fingerprint density at radius 1 is 1.18 bits per heavy atom. The second kappa shape index (κ2) is 7.37. The second-order valence-electron chi connectivity index (χ2n) is 5.63. The Morgan fingerprint density at radius 3 is 2.41 bits per heavy atom. The van der Waals surface area contributed by atoms with E-state index in [1.807, 2.05) is 61.6 Å². The van der Waals surface area contributed by atoms with Gasteiger partial charge in [0.25, 0.3) is 0 Å². The highest BCUT2D eigenvalue weighted by Crippen LogP contribution is 2.20. The molecule has 0 amide bonds. The average Bonchev–Trinajstić information content (AvgIpc) is 2.95. The largest absolute Gasteiger partial charge is 0.301 e. The second-order valence-corrected chi connectivity index (χ2v) is 8.22. The van der Waals surface area contributed by atoms with Crippen LogP contribution in [0.1, 0.15) is 22.7 Å². The summed E-state index contributed by atoms with van der Waals surface area (Å²) in [6, 6.07) is 9.65. The van der Waals surface area contributed by atoms with E-state index in [0.29, 0.717) is 6.54 Å². The van der Waals surface area contributed by atoms with Crippen LogP contribution in [-0.2, 0) is 15.8 Å². The molecule has 1 aromatic carbocycles. The van der Waals surface area contributed by atoms with Gasteiger partial charge in [-0.2, -0.15) is 11.3 Å². The van der Waals surface area contributed by atoms with Crippen molar-refractivity contribution >= 4 is 21.4 Å². The van der Waals surface area contributed by atoms with E-state index >= 15 is 0 Å². The quantitative estimate of drug-likeness (QED) is 0.844. The average molecular weight is 338 g/mol. The molecule has 0 saturated heterocycles. The third kappa shape index (κ3) is 4.91. The molecule has 0 fully saturated rings. The molecule has 1 aromatic heterocycles. The topological polar surface area (TPSA) is 49.4 Å². The van der Waals surface area contributed by atoms with Gasteiger partial charge in [-0.25, -0.2) is 13.1 Å². The van der Waals surface area contributed by atoms with E-state index in [2.05, 4.69) is 10.1 Å². The van der Waals surface area contributed by atoms with Crippen molar-refractivity contribution in [3.05, 3.63) is 57.8 Å². The molecule has 0 bridgehead atoms. The van der Waals surface area contributed by atoms with Gasteiger partial charge in [0.05, 0.1) is 5.75 Å². The van der Waals surface area contributed by atoms with Crippen LogP contribution >= 0.6 is 11.3 Å². The molecule has 2 rings (SSSR count). The first-order valence-electron chi connectivity index (χ1n) is 7.09. The molecule has 1 atom stereocenters. The van der Waals surface area contributed by atoms with Crippen LogP contribution in [0.4, 0.5) is 0 Å². The summed E-state index contributed by atoms with van der Waals surface area (Å²) in [5, 5.41) is 4.06. The van der Waals surface area contributed by atoms with Gasteiger partial charge in [-0.05, 0) is 49.0 Å². The molecule has 0 aliphatic heterocycles. The Kier molecular flexibility index (Phi) is 5.74. The summed E-state index contributed by atoms with van der Waals surface area (Å²) < 4.78 is 27.2.